The Labute approximate surface area is 198 Å². The minimum Gasteiger partial charge on any atom is -0.150 e. The molecule has 4 rings (SSSR count). The summed E-state index contributed by atoms with van der Waals surface area (Å²) in [5.74, 6) is 0.560. The van der Waals surface area contributed by atoms with Gasteiger partial charge in [0.25, 0.3) is 0 Å². The summed E-state index contributed by atoms with van der Waals surface area (Å²) in [5.41, 5.74) is 9.89. The molecule has 1 aliphatic carbocycles. The summed E-state index contributed by atoms with van der Waals surface area (Å²) in [4.78, 5) is 0. The minimum atomic E-state index is 0.210. The molecule has 3 aromatic rings. The number of aryl methyl sites for hydroxylation is 1. The van der Waals surface area contributed by atoms with E-state index in [0.29, 0.717) is 5.92 Å². The number of fused-ring (bicyclic) bond motifs is 1. The first-order chi connectivity index (χ1) is 14.1. The zero-order valence-electron chi connectivity index (χ0n) is 19.8. The molecule has 0 aliphatic heterocycles. The van der Waals surface area contributed by atoms with E-state index in [9.17, 15) is 0 Å². The normalized spacial score (nSPS) is 15.3. The maximum atomic E-state index is 3.36. The van der Waals surface area contributed by atoms with Gasteiger partial charge in [-0.3, -0.25) is 6.08 Å². The molecule has 0 spiro atoms. The Morgan fingerprint density at radius 2 is 1.53 bits per heavy atom. The van der Waals surface area contributed by atoms with Crippen LogP contribution in [0.4, 0.5) is 0 Å². The third kappa shape index (κ3) is 6.32. The van der Waals surface area contributed by atoms with Gasteiger partial charge >= 0.3 is 41.9 Å². The summed E-state index contributed by atoms with van der Waals surface area (Å²) in [6.07, 6.45) is 3.36. The fourth-order valence-electron chi connectivity index (χ4n) is 3.59. The molecule has 0 N–H and O–H groups in total. The second kappa shape index (κ2) is 11.3. The van der Waals surface area contributed by atoms with E-state index in [1.54, 1.807) is 23.3 Å². The van der Waals surface area contributed by atoms with Crippen molar-refractivity contribution in [3.8, 4) is 11.1 Å². The van der Waals surface area contributed by atoms with Gasteiger partial charge in [-0.25, -0.2) is 5.57 Å². The molecule has 1 aliphatic rings. The molecule has 3 aromatic carbocycles. The van der Waals surface area contributed by atoms with E-state index in [-0.39, 0.29) is 5.43 Å². The Morgan fingerprint density at radius 3 is 2.07 bits per heavy atom. The molecular weight excluding hydrogens is 456 g/mol. The second-order valence-corrected chi connectivity index (χ2v) is 17.8. The number of rotatable bonds is 1. The summed E-state index contributed by atoms with van der Waals surface area (Å²) in [6.45, 7) is 17.7. The number of hydrogen-bond acceptors (Lipinski definition) is 0. The van der Waals surface area contributed by atoms with Crippen LogP contribution in [-0.4, -0.2) is 5.43 Å². The van der Waals surface area contributed by atoms with Gasteiger partial charge < -0.3 is 0 Å². The SMILES string of the molecule is CC1=[C-]C(C)C(C)=C1C.C[Si](C)=[Zr+2].Cc1cccc(-c2c[cH-]c3ccccc23)c1C. The summed E-state index contributed by atoms with van der Waals surface area (Å²) in [5, 5.41) is 2.67. The average molecular weight is 490 g/mol. The molecule has 0 aromatic heterocycles. The van der Waals surface area contributed by atoms with Crippen LogP contribution in [0.15, 0.2) is 71.3 Å². The molecule has 0 radical (unpaired) electrons. The Kier molecular flexibility index (Phi) is 9.38. The predicted molar refractivity (Wildman–Crippen MR) is 132 cm³/mol. The first-order valence-electron chi connectivity index (χ1n) is 10.6. The third-order valence-electron chi connectivity index (χ3n) is 5.81. The quantitative estimate of drug-likeness (QED) is 0.238. The summed E-state index contributed by atoms with van der Waals surface area (Å²) < 4.78 is 0. The molecule has 0 nitrogen and oxygen atoms in total. The van der Waals surface area contributed by atoms with Crippen LogP contribution in [-0.2, 0) is 23.3 Å². The first kappa shape index (κ1) is 24.9. The van der Waals surface area contributed by atoms with Gasteiger partial charge in [-0.15, -0.1) is 53.6 Å². The molecular formula is C28H34SiZr. The standard InChI is InChI=1S/C17H15.C9H13.C2H6Si.Zr/c1-12-6-5-9-15(13(12)2)17-11-10-14-7-3-4-8-16(14)17;1-6-5-7(2)9(4)8(6)3;1-3-2;/h3-11H,1-2H3;6H,1-4H3;1-2H3;/q2*-1;;+2. The van der Waals surface area contributed by atoms with Gasteiger partial charge in [0.2, 0.25) is 0 Å². The van der Waals surface area contributed by atoms with E-state index in [2.05, 4.69) is 115 Å². The Bertz CT molecular complexity index is 1090. The van der Waals surface area contributed by atoms with E-state index in [4.69, 9.17) is 0 Å². The average Bonchev–Trinajstić information content (AvgIpc) is 3.21. The first-order valence-corrected chi connectivity index (χ1v) is 16.8. The summed E-state index contributed by atoms with van der Waals surface area (Å²) >= 11 is 1.74. The largest absolute Gasteiger partial charge is 0.150 e. The Balaban J connectivity index is 0.000000207. The van der Waals surface area contributed by atoms with Crippen molar-refractivity contribution in [1.29, 1.82) is 0 Å². The molecule has 0 heterocycles. The molecule has 1 atom stereocenters. The molecule has 154 valence electrons. The van der Waals surface area contributed by atoms with Crippen LogP contribution in [0.5, 0.6) is 0 Å². The molecule has 0 saturated heterocycles. The smallest absolute Gasteiger partial charge is 0.0395 e. The van der Waals surface area contributed by atoms with E-state index < -0.39 is 0 Å². The van der Waals surface area contributed by atoms with Crippen molar-refractivity contribution in [1.82, 2.24) is 0 Å². The van der Waals surface area contributed by atoms with Gasteiger partial charge in [-0.2, -0.15) is 11.1 Å². The third-order valence-corrected chi connectivity index (χ3v) is 5.81. The second-order valence-electron chi connectivity index (χ2n) is 8.38. The van der Waals surface area contributed by atoms with Crippen LogP contribution in [0.3, 0.4) is 0 Å². The van der Waals surface area contributed by atoms with E-state index >= 15 is 0 Å². The summed E-state index contributed by atoms with van der Waals surface area (Å²) in [7, 11) is 0. The maximum absolute atomic E-state index is 3.36. The molecule has 0 bridgehead atoms. The van der Waals surface area contributed by atoms with Crippen LogP contribution in [0, 0.1) is 25.8 Å². The van der Waals surface area contributed by atoms with Gasteiger partial charge in [-0.1, -0.05) is 62.1 Å². The van der Waals surface area contributed by atoms with Crippen LogP contribution >= 0.6 is 0 Å². The zero-order chi connectivity index (χ0) is 22.4. The van der Waals surface area contributed by atoms with Gasteiger partial charge in [0.05, 0.1) is 0 Å². The van der Waals surface area contributed by atoms with Crippen molar-refractivity contribution < 1.29 is 23.3 Å². The van der Waals surface area contributed by atoms with Crippen molar-refractivity contribution >= 4 is 16.2 Å². The van der Waals surface area contributed by atoms with Crippen LogP contribution in [0.25, 0.3) is 21.9 Å². The number of allylic oxidation sites excluding steroid dienone is 4. The maximum Gasteiger partial charge on any atom is -0.0395 e. The van der Waals surface area contributed by atoms with E-state index in [1.165, 1.54) is 49.7 Å². The predicted octanol–water partition coefficient (Wildman–Crippen LogP) is 8.35. The van der Waals surface area contributed by atoms with Gasteiger partial charge in [0.15, 0.2) is 0 Å². The minimum absolute atomic E-state index is 0.210. The van der Waals surface area contributed by atoms with E-state index in [0.717, 1.165) is 0 Å². The molecule has 1 unspecified atom stereocenters. The van der Waals surface area contributed by atoms with Crippen LogP contribution < -0.4 is 0 Å². The fraction of sp³-hybridized carbons (Fsp3) is 0.321. The van der Waals surface area contributed by atoms with Gasteiger partial charge in [0, 0.05) is 0 Å². The van der Waals surface area contributed by atoms with Crippen molar-refractivity contribution in [2.24, 2.45) is 5.92 Å². The molecule has 0 fully saturated rings. The zero-order valence-corrected chi connectivity index (χ0v) is 23.2. The number of benzene rings is 2. The molecule has 0 saturated carbocycles. The fourth-order valence-corrected chi connectivity index (χ4v) is 3.59. The molecule has 30 heavy (non-hydrogen) atoms. The number of hydrogen-bond donors (Lipinski definition) is 0. The van der Waals surface area contributed by atoms with Gasteiger partial charge in [-0.05, 0) is 19.4 Å². The van der Waals surface area contributed by atoms with Gasteiger partial charge in [0.1, 0.15) is 0 Å². The molecule has 2 heteroatoms. The van der Waals surface area contributed by atoms with Crippen molar-refractivity contribution in [3.63, 3.8) is 0 Å². The Hall–Kier alpha value is -1.37. The topological polar surface area (TPSA) is 0 Å². The van der Waals surface area contributed by atoms with Crippen molar-refractivity contribution in [2.75, 3.05) is 0 Å². The molecule has 0 amide bonds. The van der Waals surface area contributed by atoms with E-state index in [1.807, 2.05) is 0 Å². The Morgan fingerprint density at radius 1 is 0.900 bits per heavy atom. The van der Waals surface area contributed by atoms with Crippen molar-refractivity contribution in [2.45, 2.75) is 54.6 Å². The van der Waals surface area contributed by atoms with Crippen LogP contribution in [0.1, 0.15) is 38.8 Å². The van der Waals surface area contributed by atoms with Crippen LogP contribution in [0.2, 0.25) is 13.1 Å². The summed E-state index contributed by atoms with van der Waals surface area (Å²) in [6, 6.07) is 19.5. The monoisotopic (exact) mass is 488 g/mol. The van der Waals surface area contributed by atoms with Crippen molar-refractivity contribution in [3.05, 3.63) is 88.5 Å².